The molecule has 2 rings (SSSR count). The molecule has 0 bridgehead atoms. The number of sulfonamides is 1. The van der Waals surface area contributed by atoms with Crippen LogP contribution in [0, 0.1) is 0 Å². The van der Waals surface area contributed by atoms with Gasteiger partial charge in [0.25, 0.3) is 0 Å². The van der Waals surface area contributed by atoms with Crippen LogP contribution >= 0.6 is 11.6 Å². The molecular weight excluding hydrogens is 374 g/mol. The van der Waals surface area contributed by atoms with Gasteiger partial charge in [0.15, 0.2) is 0 Å². The highest BCUT2D eigenvalue weighted by molar-refractivity contribution is 7.89. The molecule has 0 unspecified atom stereocenters. The Morgan fingerprint density at radius 1 is 1.19 bits per heavy atom. The Bertz CT molecular complexity index is 881. The van der Waals surface area contributed by atoms with Crippen LogP contribution in [0.15, 0.2) is 53.4 Å². The molecule has 140 valence electrons. The number of nitrogens with zero attached hydrogens (tertiary/aromatic N) is 1. The van der Waals surface area contributed by atoms with Gasteiger partial charge in [0.1, 0.15) is 11.4 Å². The fourth-order valence-electron chi connectivity index (χ4n) is 2.22. The third-order valence-electron chi connectivity index (χ3n) is 3.83. The maximum absolute atomic E-state index is 12.2. The van der Waals surface area contributed by atoms with Crippen molar-refractivity contribution < 1.29 is 17.7 Å². The minimum Gasteiger partial charge on any atom is -0.497 e. The topological polar surface area (TPSA) is 70.4 Å². The Labute approximate surface area is 159 Å². The molecule has 0 heterocycles. The molecule has 0 aliphatic rings. The molecule has 2 aromatic rings. The molecular formula is C18H23ClN3O3S+. The number of benzene rings is 2. The van der Waals surface area contributed by atoms with E-state index in [1.54, 1.807) is 19.2 Å². The summed E-state index contributed by atoms with van der Waals surface area (Å²) in [5.41, 5.74) is 0.899. The van der Waals surface area contributed by atoms with Gasteiger partial charge in [-0.15, -0.1) is 0 Å². The predicted octanol–water partition coefficient (Wildman–Crippen LogP) is 2.80. The van der Waals surface area contributed by atoms with Crippen molar-refractivity contribution >= 4 is 33.1 Å². The molecule has 0 radical (unpaired) electrons. The number of amidine groups is 1. The summed E-state index contributed by atoms with van der Waals surface area (Å²) >= 11 is 5.79. The maximum Gasteiger partial charge on any atom is 0.246 e. The first kappa shape index (κ1) is 20.2. The second-order valence-corrected chi connectivity index (χ2v) is 7.92. The average molecular weight is 397 g/mol. The van der Waals surface area contributed by atoms with Gasteiger partial charge in [-0.3, -0.25) is 4.58 Å². The Kier molecular flexibility index (Phi) is 7.02. The van der Waals surface area contributed by atoms with E-state index in [4.69, 9.17) is 16.3 Å². The van der Waals surface area contributed by atoms with Crippen molar-refractivity contribution in [1.29, 1.82) is 0 Å². The summed E-state index contributed by atoms with van der Waals surface area (Å²) in [5, 5.41) is 3.77. The van der Waals surface area contributed by atoms with Crippen LogP contribution in [0.25, 0.3) is 0 Å². The van der Waals surface area contributed by atoms with Crippen molar-refractivity contribution in [2.75, 3.05) is 32.6 Å². The Morgan fingerprint density at radius 3 is 2.54 bits per heavy atom. The van der Waals surface area contributed by atoms with E-state index < -0.39 is 10.0 Å². The van der Waals surface area contributed by atoms with Gasteiger partial charge in [0, 0.05) is 24.6 Å². The fourth-order valence-corrected chi connectivity index (χ4v) is 3.36. The van der Waals surface area contributed by atoms with Crippen LogP contribution in [0.3, 0.4) is 0 Å². The van der Waals surface area contributed by atoms with Gasteiger partial charge in [-0.1, -0.05) is 17.7 Å². The van der Waals surface area contributed by atoms with Crippen molar-refractivity contribution in [1.82, 2.24) is 4.72 Å². The van der Waals surface area contributed by atoms with E-state index in [0.717, 1.165) is 17.3 Å². The highest BCUT2D eigenvalue weighted by atomic mass is 35.5. The van der Waals surface area contributed by atoms with Crippen molar-refractivity contribution in [3.63, 3.8) is 0 Å². The Balaban J connectivity index is 1.94. The van der Waals surface area contributed by atoms with Crippen molar-refractivity contribution in [3.8, 4) is 5.75 Å². The van der Waals surface area contributed by atoms with Crippen LogP contribution in [-0.4, -0.2) is 46.1 Å². The number of rotatable bonds is 7. The normalized spacial score (nSPS) is 12.5. The molecule has 6 nitrogen and oxygen atoms in total. The van der Waals surface area contributed by atoms with Crippen LogP contribution in [0.2, 0.25) is 5.02 Å². The molecule has 2 N–H and O–H groups in total. The van der Waals surface area contributed by atoms with E-state index >= 15 is 0 Å². The number of ether oxygens (including phenoxy) is 1. The fraction of sp³-hybridized carbons (Fsp3) is 0.278. The first-order valence-corrected chi connectivity index (χ1v) is 9.89. The van der Waals surface area contributed by atoms with Crippen LogP contribution in [-0.2, 0) is 10.0 Å². The molecule has 0 atom stereocenters. The van der Waals surface area contributed by atoms with Crippen molar-refractivity contribution in [2.24, 2.45) is 0 Å². The summed E-state index contributed by atoms with van der Waals surface area (Å²) in [7, 11) is -0.0402. The quantitative estimate of drug-likeness (QED) is 0.429. The van der Waals surface area contributed by atoms with Crippen molar-refractivity contribution in [3.05, 3.63) is 53.6 Å². The Morgan fingerprint density at radius 2 is 1.88 bits per heavy atom. The number of hydrogen-bond acceptors (Lipinski definition) is 3. The lowest BCUT2D eigenvalue weighted by Crippen LogP contribution is -2.32. The van der Waals surface area contributed by atoms with Gasteiger partial charge in [0.05, 0.1) is 25.6 Å². The van der Waals surface area contributed by atoms with E-state index in [0.29, 0.717) is 11.6 Å². The lowest BCUT2D eigenvalue weighted by atomic mass is 10.3. The predicted molar refractivity (Wildman–Crippen MR) is 105 cm³/mol. The minimum atomic E-state index is -3.55. The molecule has 0 aliphatic carbocycles. The molecule has 0 saturated carbocycles. The highest BCUT2D eigenvalue weighted by Crippen LogP contribution is 2.16. The molecule has 0 saturated heterocycles. The van der Waals surface area contributed by atoms with Gasteiger partial charge in [-0.25, -0.2) is 18.5 Å². The smallest absolute Gasteiger partial charge is 0.246 e. The van der Waals surface area contributed by atoms with Gasteiger partial charge in [-0.05, 0) is 36.4 Å². The summed E-state index contributed by atoms with van der Waals surface area (Å²) < 4.78 is 34.2. The van der Waals surface area contributed by atoms with Crippen molar-refractivity contribution in [2.45, 2.75) is 11.8 Å². The van der Waals surface area contributed by atoms with Crippen LogP contribution < -0.4 is 14.8 Å². The van der Waals surface area contributed by atoms with Gasteiger partial charge >= 0.3 is 0 Å². The van der Waals surface area contributed by atoms with Crippen LogP contribution in [0.4, 0.5) is 5.69 Å². The largest absolute Gasteiger partial charge is 0.497 e. The molecule has 26 heavy (non-hydrogen) atoms. The minimum absolute atomic E-state index is 0.194. The standard InChI is InChI=1S/C18H22ClN3O3S/c1-14(21-16-5-4-6-17(13-16)25-3)22(2)12-11-20-26(23,24)18-9-7-15(19)8-10-18/h4-10,13,20H,11-12H2,1-3H3/p+1. The van der Waals surface area contributed by atoms with E-state index in [9.17, 15) is 8.42 Å². The van der Waals surface area contributed by atoms with Gasteiger partial charge < -0.3 is 4.74 Å². The maximum atomic E-state index is 12.2. The van der Waals surface area contributed by atoms with Crippen LogP contribution in [0.5, 0.6) is 5.75 Å². The molecule has 8 heteroatoms. The van der Waals surface area contributed by atoms with E-state index in [2.05, 4.69) is 10.0 Å². The van der Waals surface area contributed by atoms with E-state index in [1.165, 1.54) is 12.1 Å². The number of likely N-dealkylation sites (N-methyl/N-ethyl adjacent to an activating group) is 1. The number of hydrogen-bond donors (Lipinski definition) is 2. The zero-order valence-electron chi connectivity index (χ0n) is 15.0. The average Bonchev–Trinajstić information content (AvgIpc) is 2.62. The second kappa shape index (κ2) is 9.02. The summed E-state index contributed by atoms with van der Waals surface area (Å²) in [6.07, 6.45) is 0. The van der Waals surface area contributed by atoms with Gasteiger partial charge in [0.2, 0.25) is 15.9 Å². The summed E-state index contributed by atoms with van der Waals surface area (Å²) in [6, 6.07) is 13.7. The molecule has 0 aliphatic heterocycles. The first-order chi connectivity index (χ1) is 12.3. The molecule has 0 spiro atoms. The highest BCUT2D eigenvalue weighted by Gasteiger charge is 2.14. The SMILES string of the molecule is COc1cccc(NC(C)=[N+](C)CCNS(=O)(=O)c2ccc(Cl)cc2)c1. The van der Waals surface area contributed by atoms with E-state index in [1.807, 2.05) is 42.8 Å². The first-order valence-electron chi connectivity index (χ1n) is 8.03. The Hall–Kier alpha value is -2.09. The number of methoxy groups -OCH3 is 1. The second-order valence-electron chi connectivity index (χ2n) is 5.72. The third-order valence-corrected chi connectivity index (χ3v) is 5.56. The monoisotopic (exact) mass is 396 g/mol. The summed E-state index contributed by atoms with van der Waals surface area (Å²) in [6.45, 7) is 2.71. The number of halogens is 1. The molecule has 0 amide bonds. The van der Waals surface area contributed by atoms with Crippen LogP contribution in [0.1, 0.15) is 6.92 Å². The summed E-state index contributed by atoms with van der Waals surface area (Å²) in [5.74, 6) is 1.66. The molecule has 2 aromatic carbocycles. The summed E-state index contributed by atoms with van der Waals surface area (Å²) in [4.78, 5) is 0.194. The zero-order chi connectivity index (χ0) is 19.2. The lowest BCUT2D eigenvalue weighted by Gasteiger charge is -2.09. The van der Waals surface area contributed by atoms with Gasteiger partial charge in [-0.2, -0.15) is 0 Å². The molecule has 0 aromatic heterocycles. The molecule has 0 fully saturated rings. The number of nitrogens with one attached hydrogen (secondary N) is 2. The van der Waals surface area contributed by atoms with E-state index in [-0.39, 0.29) is 11.4 Å². The lowest BCUT2D eigenvalue weighted by molar-refractivity contribution is -0.495. The zero-order valence-corrected chi connectivity index (χ0v) is 16.6. The third kappa shape index (κ3) is 5.72. The number of anilines is 1.